The summed E-state index contributed by atoms with van der Waals surface area (Å²) < 4.78 is 5.82. The molecule has 164 valence electrons. The smallest absolute Gasteiger partial charge is 0.314 e. The van der Waals surface area contributed by atoms with Crippen molar-refractivity contribution in [3.05, 3.63) is 0 Å². The highest BCUT2D eigenvalue weighted by molar-refractivity contribution is 5.73. The third-order valence-electron chi connectivity index (χ3n) is 6.06. The van der Waals surface area contributed by atoms with Crippen molar-refractivity contribution in [1.82, 2.24) is 25.3 Å². The topological polar surface area (TPSA) is 60.1 Å². The van der Waals surface area contributed by atoms with Gasteiger partial charge in [0.1, 0.15) is 0 Å². The Morgan fingerprint density at radius 3 is 2.21 bits per heavy atom. The second-order valence-electron chi connectivity index (χ2n) is 9.07. The summed E-state index contributed by atoms with van der Waals surface area (Å²) in [4.78, 5) is 19.6. The van der Waals surface area contributed by atoms with Crippen LogP contribution in [0.5, 0.6) is 0 Å². The number of hydrogen-bond acceptors (Lipinski definition) is 5. The second-order valence-corrected chi connectivity index (χ2v) is 9.07. The monoisotopic (exact) mass is 397 g/mol. The Morgan fingerprint density at radius 1 is 1.00 bits per heavy atom. The van der Waals surface area contributed by atoms with Crippen molar-refractivity contribution in [2.75, 3.05) is 65.4 Å². The molecule has 2 unspecified atom stereocenters. The molecule has 2 N–H and O–H groups in total. The quantitative estimate of drug-likeness (QED) is 0.579. The average molecular weight is 398 g/mol. The molecule has 2 atom stereocenters. The first-order chi connectivity index (χ1) is 13.3. The van der Waals surface area contributed by atoms with Gasteiger partial charge in [-0.2, -0.15) is 0 Å². The fraction of sp³-hybridized carbons (Fsp3) is 0.952. The highest BCUT2D eigenvalue weighted by atomic mass is 16.5. The highest BCUT2D eigenvalue weighted by Crippen LogP contribution is 2.20. The summed E-state index contributed by atoms with van der Waals surface area (Å²) in [5.41, 5.74) is -0.0791. The Balaban J connectivity index is 1.55. The molecule has 0 radical (unpaired) electrons. The molecular weight excluding hydrogens is 354 g/mol. The fourth-order valence-corrected chi connectivity index (χ4v) is 4.13. The Labute approximate surface area is 172 Å². The van der Waals surface area contributed by atoms with Crippen LogP contribution in [0.2, 0.25) is 0 Å². The third-order valence-corrected chi connectivity index (χ3v) is 6.06. The van der Waals surface area contributed by atoms with E-state index in [0.717, 1.165) is 45.6 Å². The van der Waals surface area contributed by atoms with Gasteiger partial charge in [-0.25, -0.2) is 4.79 Å². The van der Waals surface area contributed by atoms with Gasteiger partial charge in [-0.15, -0.1) is 0 Å². The SMILES string of the molecule is CCN1CCN(CCCCNC(=O)NCC(C)(C)N2CC(C)OC(C)C2)CC1. The Morgan fingerprint density at radius 2 is 1.61 bits per heavy atom. The maximum absolute atomic E-state index is 12.2. The molecule has 0 aliphatic carbocycles. The molecule has 2 aliphatic heterocycles. The number of morpholine rings is 1. The summed E-state index contributed by atoms with van der Waals surface area (Å²) in [6, 6.07) is -0.0565. The number of unbranched alkanes of at least 4 members (excludes halogenated alkanes) is 1. The Kier molecular flexibility index (Phi) is 9.47. The van der Waals surface area contributed by atoms with E-state index in [-0.39, 0.29) is 23.8 Å². The van der Waals surface area contributed by atoms with E-state index >= 15 is 0 Å². The van der Waals surface area contributed by atoms with Crippen LogP contribution in [0.15, 0.2) is 0 Å². The largest absolute Gasteiger partial charge is 0.373 e. The number of carbonyl (C=O) groups excluding carboxylic acids is 1. The lowest BCUT2D eigenvalue weighted by atomic mass is 10.00. The van der Waals surface area contributed by atoms with E-state index < -0.39 is 0 Å². The zero-order valence-corrected chi connectivity index (χ0v) is 18.8. The number of rotatable bonds is 9. The van der Waals surface area contributed by atoms with E-state index in [1.54, 1.807) is 0 Å². The van der Waals surface area contributed by atoms with Gasteiger partial charge in [0.25, 0.3) is 0 Å². The normalized spacial score (nSPS) is 25.6. The zero-order chi connectivity index (χ0) is 20.6. The molecule has 0 spiro atoms. The van der Waals surface area contributed by atoms with Crippen LogP contribution < -0.4 is 10.6 Å². The molecule has 7 nitrogen and oxygen atoms in total. The third kappa shape index (κ3) is 7.85. The lowest BCUT2D eigenvalue weighted by Crippen LogP contribution is -2.59. The predicted octanol–water partition coefficient (Wildman–Crippen LogP) is 1.59. The predicted molar refractivity (Wildman–Crippen MR) is 115 cm³/mol. The second kappa shape index (κ2) is 11.3. The molecule has 0 aromatic carbocycles. The number of ether oxygens (including phenoxy) is 1. The minimum Gasteiger partial charge on any atom is -0.373 e. The van der Waals surface area contributed by atoms with Gasteiger partial charge in [0.15, 0.2) is 0 Å². The van der Waals surface area contributed by atoms with E-state index in [2.05, 4.69) is 60.0 Å². The molecular formula is C21H43N5O2. The molecule has 2 fully saturated rings. The van der Waals surface area contributed by atoms with Gasteiger partial charge in [-0.1, -0.05) is 6.92 Å². The molecule has 0 aromatic heterocycles. The van der Waals surface area contributed by atoms with Crippen LogP contribution in [-0.2, 0) is 4.74 Å². The molecule has 2 amide bonds. The van der Waals surface area contributed by atoms with Crippen LogP contribution in [-0.4, -0.2) is 104 Å². The van der Waals surface area contributed by atoms with Crippen molar-refractivity contribution in [3.63, 3.8) is 0 Å². The summed E-state index contributed by atoms with van der Waals surface area (Å²) >= 11 is 0. The maximum Gasteiger partial charge on any atom is 0.314 e. The van der Waals surface area contributed by atoms with Crippen molar-refractivity contribution in [3.8, 4) is 0 Å². The van der Waals surface area contributed by atoms with Crippen molar-refractivity contribution in [1.29, 1.82) is 0 Å². The number of nitrogens with one attached hydrogen (secondary N) is 2. The van der Waals surface area contributed by atoms with Crippen LogP contribution in [0.3, 0.4) is 0 Å². The Hall–Kier alpha value is -0.890. The van der Waals surface area contributed by atoms with Gasteiger partial charge in [0.05, 0.1) is 12.2 Å². The van der Waals surface area contributed by atoms with Gasteiger partial charge in [0, 0.05) is 57.9 Å². The van der Waals surface area contributed by atoms with Gasteiger partial charge in [-0.05, 0) is 53.6 Å². The van der Waals surface area contributed by atoms with E-state index in [1.807, 2.05) is 0 Å². The summed E-state index contributed by atoms with van der Waals surface area (Å²) in [5, 5.41) is 6.06. The maximum atomic E-state index is 12.2. The highest BCUT2D eigenvalue weighted by Gasteiger charge is 2.33. The van der Waals surface area contributed by atoms with E-state index in [4.69, 9.17) is 4.74 Å². The van der Waals surface area contributed by atoms with E-state index in [0.29, 0.717) is 6.54 Å². The fourth-order valence-electron chi connectivity index (χ4n) is 4.13. The van der Waals surface area contributed by atoms with Crippen LogP contribution in [0.25, 0.3) is 0 Å². The summed E-state index contributed by atoms with van der Waals surface area (Å²) in [6.07, 6.45) is 2.65. The minimum atomic E-state index is -0.0791. The molecule has 2 rings (SSSR count). The van der Waals surface area contributed by atoms with Gasteiger partial charge in [0.2, 0.25) is 0 Å². The first-order valence-electron chi connectivity index (χ1n) is 11.2. The van der Waals surface area contributed by atoms with E-state index in [1.165, 1.54) is 26.2 Å². The number of carbonyl (C=O) groups is 1. The van der Waals surface area contributed by atoms with Gasteiger partial charge < -0.3 is 25.2 Å². The first-order valence-corrected chi connectivity index (χ1v) is 11.2. The van der Waals surface area contributed by atoms with Crippen LogP contribution in [0, 0.1) is 0 Å². The number of hydrogen-bond donors (Lipinski definition) is 2. The number of amides is 2. The van der Waals surface area contributed by atoms with Crippen molar-refractivity contribution >= 4 is 6.03 Å². The average Bonchev–Trinajstić information content (AvgIpc) is 2.66. The molecule has 0 aromatic rings. The number of likely N-dealkylation sites (N-methyl/N-ethyl adjacent to an activating group) is 1. The van der Waals surface area contributed by atoms with Crippen molar-refractivity contribution < 1.29 is 9.53 Å². The Bertz CT molecular complexity index is 456. The van der Waals surface area contributed by atoms with Crippen LogP contribution >= 0.6 is 0 Å². The molecule has 2 heterocycles. The molecule has 0 bridgehead atoms. The summed E-state index contributed by atoms with van der Waals surface area (Å²) in [5.74, 6) is 0. The standard InChI is InChI=1S/C21H43N5O2/c1-6-24-11-13-25(14-12-24)10-8-7-9-22-20(27)23-17-21(4,5)26-15-18(2)28-19(3)16-26/h18-19H,6-17H2,1-5H3,(H2,22,23,27). The minimum absolute atomic E-state index is 0.0565. The van der Waals surface area contributed by atoms with Crippen LogP contribution in [0.1, 0.15) is 47.5 Å². The van der Waals surface area contributed by atoms with Gasteiger partial charge in [-0.3, -0.25) is 4.90 Å². The molecule has 0 saturated carbocycles. The van der Waals surface area contributed by atoms with Crippen molar-refractivity contribution in [2.24, 2.45) is 0 Å². The first kappa shape index (κ1) is 23.4. The molecule has 2 saturated heterocycles. The summed E-state index contributed by atoms with van der Waals surface area (Å²) in [7, 11) is 0. The lowest BCUT2D eigenvalue weighted by molar-refractivity contribution is -0.0947. The summed E-state index contributed by atoms with van der Waals surface area (Å²) in [6.45, 7) is 21.1. The van der Waals surface area contributed by atoms with Crippen LogP contribution in [0.4, 0.5) is 4.79 Å². The number of piperazine rings is 1. The van der Waals surface area contributed by atoms with Crippen molar-refractivity contribution in [2.45, 2.75) is 65.2 Å². The van der Waals surface area contributed by atoms with Gasteiger partial charge >= 0.3 is 6.03 Å². The number of urea groups is 1. The number of nitrogens with zero attached hydrogens (tertiary/aromatic N) is 3. The molecule has 7 heteroatoms. The lowest BCUT2D eigenvalue weighted by Gasteiger charge is -2.45. The molecule has 2 aliphatic rings. The molecule has 28 heavy (non-hydrogen) atoms. The van der Waals surface area contributed by atoms with E-state index in [9.17, 15) is 4.79 Å². The zero-order valence-electron chi connectivity index (χ0n) is 18.8.